The number of nitrogens with zero attached hydrogens (tertiary/aromatic N) is 2. The van der Waals surface area contributed by atoms with E-state index in [9.17, 15) is 14.4 Å². The van der Waals surface area contributed by atoms with Gasteiger partial charge in [-0.25, -0.2) is 0 Å². The lowest BCUT2D eigenvalue weighted by atomic mass is 10.2. The van der Waals surface area contributed by atoms with Gasteiger partial charge in [0, 0.05) is 13.0 Å². The predicted molar refractivity (Wildman–Crippen MR) is 90.4 cm³/mol. The van der Waals surface area contributed by atoms with Crippen molar-refractivity contribution in [2.45, 2.75) is 38.7 Å². The van der Waals surface area contributed by atoms with E-state index in [1.54, 1.807) is 24.3 Å². The van der Waals surface area contributed by atoms with E-state index in [2.05, 4.69) is 5.32 Å². The Kier molecular flexibility index (Phi) is 6.52. The third-order valence-electron chi connectivity index (χ3n) is 3.97. The van der Waals surface area contributed by atoms with Crippen molar-refractivity contribution in [1.29, 1.82) is 5.26 Å². The van der Waals surface area contributed by atoms with Crippen LogP contribution in [0.2, 0.25) is 0 Å². The van der Waals surface area contributed by atoms with Crippen LogP contribution in [-0.2, 0) is 19.1 Å². The SMILES string of the molecule is C[C@H](OC(=O)CN1CCCCCC1=O)C(=O)Nc1ccccc1C#N. The van der Waals surface area contributed by atoms with Gasteiger partial charge in [-0.1, -0.05) is 18.6 Å². The third kappa shape index (κ3) is 5.31. The first-order valence-electron chi connectivity index (χ1n) is 8.28. The lowest BCUT2D eigenvalue weighted by Gasteiger charge is -2.21. The number of para-hydroxylation sites is 1. The second kappa shape index (κ2) is 8.83. The zero-order chi connectivity index (χ0) is 18.2. The summed E-state index contributed by atoms with van der Waals surface area (Å²) in [6, 6.07) is 8.54. The van der Waals surface area contributed by atoms with Crippen LogP contribution in [0.4, 0.5) is 5.69 Å². The van der Waals surface area contributed by atoms with Gasteiger partial charge in [-0.3, -0.25) is 14.4 Å². The number of hydrogen-bond acceptors (Lipinski definition) is 5. The number of esters is 1. The summed E-state index contributed by atoms with van der Waals surface area (Å²) >= 11 is 0. The van der Waals surface area contributed by atoms with E-state index in [-0.39, 0.29) is 12.5 Å². The van der Waals surface area contributed by atoms with Gasteiger partial charge < -0.3 is 15.0 Å². The Morgan fingerprint density at radius 1 is 1.32 bits per heavy atom. The summed E-state index contributed by atoms with van der Waals surface area (Å²) in [6.07, 6.45) is 2.07. The number of likely N-dealkylation sites (tertiary alicyclic amines) is 1. The first-order chi connectivity index (χ1) is 12.0. The van der Waals surface area contributed by atoms with E-state index in [4.69, 9.17) is 10.00 Å². The Labute approximate surface area is 146 Å². The fourth-order valence-electron chi connectivity index (χ4n) is 2.57. The molecule has 1 aromatic carbocycles. The van der Waals surface area contributed by atoms with Gasteiger partial charge in [0.1, 0.15) is 12.6 Å². The number of ether oxygens (including phenoxy) is 1. The molecule has 1 saturated heterocycles. The molecule has 7 heteroatoms. The Hall–Kier alpha value is -2.88. The highest BCUT2D eigenvalue weighted by Crippen LogP contribution is 2.14. The van der Waals surface area contributed by atoms with Gasteiger partial charge in [-0.2, -0.15) is 5.26 Å². The highest BCUT2D eigenvalue weighted by atomic mass is 16.5. The van der Waals surface area contributed by atoms with Gasteiger partial charge in [0.05, 0.1) is 11.3 Å². The number of hydrogen-bond donors (Lipinski definition) is 1. The van der Waals surface area contributed by atoms with Gasteiger partial charge in [0.25, 0.3) is 5.91 Å². The topological polar surface area (TPSA) is 99.5 Å². The molecule has 1 fully saturated rings. The summed E-state index contributed by atoms with van der Waals surface area (Å²) in [7, 11) is 0. The third-order valence-corrected chi connectivity index (χ3v) is 3.97. The number of benzene rings is 1. The summed E-state index contributed by atoms with van der Waals surface area (Å²) in [6.45, 7) is 1.84. The van der Waals surface area contributed by atoms with Gasteiger partial charge in [0.2, 0.25) is 5.91 Å². The van der Waals surface area contributed by atoms with Crippen molar-refractivity contribution in [3.63, 3.8) is 0 Å². The van der Waals surface area contributed by atoms with Crippen LogP contribution in [0.25, 0.3) is 0 Å². The summed E-state index contributed by atoms with van der Waals surface area (Å²) in [5.41, 5.74) is 0.685. The minimum Gasteiger partial charge on any atom is -0.451 e. The van der Waals surface area contributed by atoms with Crippen molar-refractivity contribution >= 4 is 23.5 Å². The maximum atomic E-state index is 12.1. The monoisotopic (exact) mass is 343 g/mol. The number of amides is 2. The molecule has 1 N–H and O–H groups in total. The Morgan fingerprint density at radius 3 is 2.84 bits per heavy atom. The smallest absolute Gasteiger partial charge is 0.326 e. The summed E-state index contributed by atoms with van der Waals surface area (Å²) in [4.78, 5) is 37.5. The average molecular weight is 343 g/mol. The Balaban J connectivity index is 1.88. The molecular weight excluding hydrogens is 322 g/mol. The van der Waals surface area contributed by atoms with Crippen LogP contribution in [0.1, 0.15) is 38.2 Å². The summed E-state index contributed by atoms with van der Waals surface area (Å²) in [5, 5.41) is 11.6. The first-order valence-corrected chi connectivity index (χ1v) is 8.28. The molecule has 0 spiro atoms. The molecule has 1 aliphatic heterocycles. The molecule has 2 rings (SSSR count). The molecule has 0 unspecified atom stereocenters. The van der Waals surface area contributed by atoms with Crippen LogP contribution in [-0.4, -0.2) is 41.9 Å². The van der Waals surface area contributed by atoms with Crippen molar-refractivity contribution in [2.24, 2.45) is 0 Å². The number of carbonyl (C=O) groups is 3. The predicted octanol–water partition coefficient (Wildman–Crippen LogP) is 1.83. The number of anilines is 1. The quantitative estimate of drug-likeness (QED) is 0.822. The maximum Gasteiger partial charge on any atom is 0.326 e. The van der Waals surface area contributed by atoms with Crippen molar-refractivity contribution in [1.82, 2.24) is 4.90 Å². The molecule has 1 heterocycles. The van der Waals surface area contributed by atoms with E-state index in [0.717, 1.165) is 19.3 Å². The van der Waals surface area contributed by atoms with E-state index in [1.165, 1.54) is 11.8 Å². The molecule has 0 bridgehead atoms. The highest BCUT2D eigenvalue weighted by Gasteiger charge is 2.23. The van der Waals surface area contributed by atoms with Crippen LogP contribution < -0.4 is 5.32 Å². The van der Waals surface area contributed by atoms with Gasteiger partial charge >= 0.3 is 5.97 Å². The standard InChI is InChI=1S/C18H21N3O4/c1-13(18(24)20-15-8-5-4-7-14(15)11-19)25-17(23)12-21-10-6-2-3-9-16(21)22/h4-5,7-8,13H,2-3,6,9-10,12H2,1H3,(H,20,24)/t13-/m0/s1. The highest BCUT2D eigenvalue weighted by molar-refractivity contribution is 5.96. The molecule has 1 aromatic rings. The second-order valence-corrected chi connectivity index (χ2v) is 5.90. The van der Waals surface area contributed by atoms with Gasteiger partial charge in [0.15, 0.2) is 6.10 Å². The Bertz CT molecular complexity index is 696. The normalized spacial score (nSPS) is 15.7. The van der Waals surface area contributed by atoms with Gasteiger partial charge in [-0.05, 0) is 31.9 Å². The molecule has 2 amide bonds. The summed E-state index contributed by atoms with van der Waals surface area (Å²) < 4.78 is 5.12. The summed E-state index contributed by atoms with van der Waals surface area (Å²) in [5.74, 6) is -1.21. The van der Waals surface area contributed by atoms with Crippen molar-refractivity contribution in [3.05, 3.63) is 29.8 Å². The van der Waals surface area contributed by atoms with E-state index >= 15 is 0 Å². The van der Waals surface area contributed by atoms with E-state index < -0.39 is 18.0 Å². The number of nitrogens with one attached hydrogen (secondary N) is 1. The Morgan fingerprint density at radius 2 is 2.08 bits per heavy atom. The fraction of sp³-hybridized carbons (Fsp3) is 0.444. The van der Waals surface area contributed by atoms with Crippen molar-refractivity contribution in [2.75, 3.05) is 18.4 Å². The van der Waals surface area contributed by atoms with Crippen LogP contribution in [0.5, 0.6) is 0 Å². The minimum absolute atomic E-state index is 0.0606. The molecule has 1 aliphatic rings. The molecule has 0 radical (unpaired) electrons. The zero-order valence-electron chi connectivity index (χ0n) is 14.2. The van der Waals surface area contributed by atoms with Crippen LogP contribution in [0.3, 0.4) is 0 Å². The second-order valence-electron chi connectivity index (χ2n) is 5.90. The molecule has 0 aromatic heterocycles. The van der Waals surface area contributed by atoms with Gasteiger partial charge in [-0.15, -0.1) is 0 Å². The first kappa shape index (κ1) is 18.5. The van der Waals surface area contributed by atoms with Crippen LogP contribution in [0.15, 0.2) is 24.3 Å². The van der Waals surface area contributed by atoms with Crippen molar-refractivity contribution in [3.8, 4) is 6.07 Å². The van der Waals surface area contributed by atoms with E-state index in [0.29, 0.717) is 24.2 Å². The van der Waals surface area contributed by atoms with Crippen molar-refractivity contribution < 1.29 is 19.1 Å². The molecule has 0 aliphatic carbocycles. The molecule has 25 heavy (non-hydrogen) atoms. The zero-order valence-corrected chi connectivity index (χ0v) is 14.2. The molecule has 132 valence electrons. The average Bonchev–Trinajstić information content (AvgIpc) is 2.79. The minimum atomic E-state index is -1.03. The number of nitriles is 1. The molecule has 0 saturated carbocycles. The van der Waals surface area contributed by atoms with E-state index in [1.807, 2.05) is 6.07 Å². The lowest BCUT2D eigenvalue weighted by molar-refractivity contribution is -0.156. The van der Waals surface area contributed by atoms with Crippen LogP contribution >= 0.6 is 0 Å². The molecule has 7 nitrogen and oxygen atoms in total. The number of carbonyl (C=O) groups excluding carboxylic acids is 3. The molecule has 1 atom stereocenters. The number of rotatable bonds is 5. The largest absolute Gasteiger partial charge is 0.451 e. The molecular formula is C18H21N3O4. The van der Waals surface area contributed by atoms with Crippen LogP contribution in [0, 0.1) is 11.3 Å². The lowest BCUT2D eigenvalue weighted by Crippen LogP contribution is -2.38. The maximum absolute atomic E-state index is 12.1. The fourth-order valence-corrected chi connectivity index (χ4v) is 2.57.